The van der Waals surface area contributed by atoms with Gasteiger partial charge in [0, 0.05) is 31.9 Å². The molecule has 1 aliphatic heterocycles. The van der Waals surface area contributed by atoms with E-state index in [1.54, 1.807) is 29.6 Å². The van der Waals surface area contributed by atoms with Gasteiger partial charge in [0.25, 0.3) is 0 Å². The lowest BCUT2D eigenvalue weighted by Gasteiger charge is -2.35. The number of hydrogen-bond donors (Lipinski definition) is 0. The molecule has 1 heterocycles. The zero-order valence-corrected chi connectivity index (χ0v) is 16.4. The highest BCUT2D eigenvalue weighted by atomic mass is 32.2. The Labute approximate surface area is 156 Å². The predicted octanol–water partition coefficient (Wildman–Crippen LogP) is 3.33. The molecule has 26 heavy (non-hydrogen) atoms. The third-order valence-electron chi connectivity index (χ3n) is 4.82. The van der Waals surface area contributed by atoms with Crippen molar-refractivity contribution in [1.29, 1.82) is 0 Å². The lowest BCUT2D eigenvalue weighted by molar-refractivity contribution is 0.384. The molecule has 1 fully saturated rings. The van der Waals surface area contributed by atoms with E-state index < -0.39 is 10.0 Å². The van der Waals surface area contributed by atoms with Gasteiger partial charge in [-0.2, -0.15) is 4.31 Å². The van der Waals surface area contributed by atoms with E-state index in [1.807, 2.05) is 32.0 Å². The summed E-state index contributed by atoms with van der Waals surface area (Å²) in [6.07, 6.45) is 0. The van der Waals surface area contributed by atoms with Crippen LogP contribution in [-0.2, 0) is 10.0 Å². The van der Waals surface area contributed by atoms with Gasteiger partial charge in [0.15, 0.2) is 0 Å². The summed E-state index contributed by atoms with van der Waals surface area (Å²) in [7, 11) is -1.89. The number of nitrogens with zero attached hydrogens (tertiary/aromatic N) is 2. The van der Waals surface area contributed by atoms with Crippen molar-refractivity contribution in [2.45, 2.75) is 24.7 Å². The number of benzene rings is 2. The first-order chi connectivity index (χ1) is 12.4. The van der Waals surface area contributed by atoms with Crippen LogP contribution in [0.4, 0.5) is 5.69 Å². The average molecular weight is 375 g/mol. The summed E-state index contributed by atoms with van der Waals surface area (Å²) in [4.78, 5) is 2.56. The van der Waals surface area contributed by atoms with E-state index in [2.05, 4.69) is 17.0 Å². The second-order valence-electron chi connectivity index (χ2n) is 6.79. The number of anilines is 1. The van der Waals surface area contributed by atoms with Crippen LogP contribution in [0.1, 0.15) is 25.3 Å². The van der Waals surface area contributed by atoms with Crippen molar-refractivity contribution in [2.75, 3.05) is 38.2 Å². The summed E-state index contributed by atoms with van der Waals surface area (Å²) in [5, 5.41) is 0. The number of hydrogen-bond acceptors (Lipinski definition) is 4. The predicted molar refractivity (Wildman–Crippen MR) is 104 cm³/mol. The maximum atomic E-state index is 13.1. The van der Waals surface area contributed by atoms with E-state index in [4.69, 9.17) is 4.74 Å². The van der Waals surface area contributed by atoms with Gasteiger partial charge in [0.05, 0.1) is 12.0 Å². The highest BCUT2D eigenvalue weighted by molar-refractivity contribution is 7.89. The van der Waals surface area contributed by atoms with E-state index in [0.29, 0.717) is 31.1 Å². The Morgan fingerprint density at radius 1 is 0.962 bits per heavy atom. The zero-order chi connectivity index (χ0) is 18.7. The topological polar surface area (TPSA) is 49.9 Å². The Kier molecular flexibility index (Phi) is 5.53. The molecule has 0 aromatic heterocycles. The third-order valence-corrected chi connectivity index (χ3v) is 6.72. The fourth-order valence-electron chi connectivity index (χ4n) is 3.30. The molecule has 0 saturated carbocycles. The molecule has 5 nitrogen and oxygen atoms in total. The molecule has 0 unspecified atom stereocenters. The minimum absolute atomic E-state index is 0.190. The van der Waals surface area contributed by atoms with Gasteiger partial charge in [-0.1, -0.05) is 32.0 Å². The average Bonchev–Trinajstić information content (AvgIpc) is 2.68. The fourth-order valence-corrected chi connectivity index (χ4v) is 4.76. The molecule has 0 spiro atoms. The minimum atomic E-state index is -3.50. The molecular formula is C20H26N2O3S. The fraction of sp³-hybridized carbons (Fsp3) is 0.400. The Balaban J connectivity index is 1.78. The summed E-state index contributed by atoms with van der Waals surface area (Å²) in [5.41, 5.74) is 2.05. The van der Waals surface area contributed by atoms with Crippen molar-refractivity contribution in [2.24, 2.45) is 0 Å². The van der Waals surface area contributed by atoms with Gasteiger partial charge in [0.2, 0.25) is 10.0 Å². The van der Waals surface area contributed by atoms with E-state index in [0.717, 1.165) is 17.0 Å². The van der Waals surface area contributed by atoms with Crippen molar-refractivity contribution in [3.05, 3.63) is 54.1 Å². The van der Waals surface area contributed by atoms with Crippen LogP contribution in [-0.4, -0.2) is 46.0 Å². The van der Waals surface area contributed by atoms with Gasteiger partial charge in [0.1, 0.15) is 5.75 Å². The van der Waals surface area contributed by atoms with Crippen LogP contribution in [0, 0.1) is 0 Å². The van der Waals surface area contributed by atoms with Crippen molar-refractivity contribution in [1.82, 2.24) is 4.31 Å². The number of methoxy groups -OCH3 is 1. The van der Waals surface area contributed by atoms with E-state index in [-0.39, 0.29) is 5.92 Å². The van der Waals surface area contributed by atoms with E-state index in [9.17, 15) is 8.42 Å². The first-order valence-electron chi connectivity index (χ1n) is 8.91. The second-order valence-corrected chi connectivity index (χ2v) is 8.72. The highest BCUT2D eigenvalue weighted by Gasteiger charge is 2.29. The molecule has 0 amide bonds. The molecular weight excluding hydrogens is 348 g/mol. The highest BCUT2D eigenvalue weighted by Crippen LogP contribution is 2.30. The van der Waals surface area contributed by atoms with Crippen LogP contribution in [0.15, 0.2) is 53.4 Å². The number of sulfonamides is 1. The van der Waals surface area contributed by atoms with Crippen LogP contribution in [0.3, 0.4) is 0 Å². The first kappa shape index (κ1) is 18.7. The van der Waals surface area contributed by atoms with E-state index in [1.165, 1.54) is 0 Å². The van der Waals surface area contributed by atoms with Crippen molar-refractivity contribution in [3.63, 3.8) is 0 Å². The lowest BCUT2D eigenvalue weighted by atomic mass is 10.0. The van der Waals surface area contributed by atoms with Crippen LogP contribution in [0.25, 0.3) is 0 Å². The van der Waals surface area contributed by atoms with Crippen molar-refractivity contribution in [3.8, 4) is 5.75 Å². The largest absolute Gasteiger partial charge is 0.496 e. The number of para-hydroxylation sites is 1. The monoisotopic (exact) mass is 374 g/mol. The third kappa shape index (κ3) is 3.71. The number of ether oxygens (including phenoxy) is 1. The van der Waals surface area contributed by atoms with Crippen LogP contribution >= 0.6 is 0 Å². The van der Waals surface area contributed by atoms with Gasteiger partial charge in [-0.25, -0.2) is 8.42 Å². The Bertz CT molecular complexity index is 843. The molecule has 0 radical (unpaired) electrons. The minimum Gasteiger partial charge on any atom is -0.496 e. The molecule has 0 atom stereocenters. The molecule has 140 valence electrons. The SMILES string of the molecule is COc1ccc(S(=O)(=O)N2CCN(c3ccccc3)CC2)cc1C(C)C. The smallest absolute Gasteiger partial charge is 0.243 e. The van der Waals surface area contributed by atoms with Crippen molar-refractivity contribution < 1.29 is 13.2 Å². The summed E-state index contributed by atoms with van der Waals surface area (Å²) >= 11 is 0. The molecule has 2 aromatic carbocycles. The number of piperazine rings is 1. The molecule has 0 bridgehead atoms. The van der Waals surface area contributed by atoms with Gasteiger partial charge < -0.3 is 9.64 Å². The molecule has 2 aromatic rings. The molecule has 3 rings (SSSR count). The van der Waals surface area contributed by atoms with E-state index >= 15 is 0 Å². The maximum absolute atomic E-state index is 13.1. The van der Waals surface area contributed by atoms with Crippen LogP contribution in [0.5, 0.6) is 5.75 Å². The first-order valence-corrected chi connectivity index (χ1v) is 10.4. The van der Waals surface area contributed by atoms with Crippen molar-refractivity contribution >= 4 is 15.7 Å². The van der Waals surface area contributed by atoms with Gasteiger partial charge in [-0.15, -0.1) is 0 Å². The zero-order valence-electron chi connectivity index (χ0n) is 15.6. The Morgan fingerprint density at radius 3 is 2.19 bits per heavy atom. The maximum Gasteiger partial charge on any atom is 0.243 e. The Hall–Kier alpha value is -2.05. The number of rotatable bonds is 5. The second kappa shape index (κ2) is 7.68. The molecule has 1 aliphatic rings. The van der Waals surface area contributed by atoms with Gasteiger partial charge >= 0.3 is 0 Å². The molecule has 0 aliphatic carbocycles. The lowest BCUT2D eigenvalue weighted by Crippen LogP contribution is -2.48. The van der Waals surface area contributed by atoms with Gasteiger partial charge in [-0.05, 0) is 41.8 Å². The van der Waals surface area contributed by atoms with Crippen LogP contribution in [0.2, 0.25) is 0 Å². The Morgan fingerprint density at radius 2 is 1.62 bits per heavy atom. The molecule has 6 heteroatoms. The summed E-state index contributed by atoms with van der Waals surface area (Å²) in [6.45, 7) is 6.42. The summed E-state index contributed by atoms with van der Waals surface area (Å²) < 4.78 is 33.1. The summed E-state index contributed by atoms with van der Waals surface area (Å²) in [6, 6.07) is 15.3. The standard InChI is InChI=1S/C20H26N2O3S/c1-16(2)19-15-18(9-10-20(19)25-3)26(23,24)22-13-11-21(12-14-22)17-7-5-4-6-8-17/h4-10,15-16H,11-14H2,1-3H3. The normalized spacial score (nSPS) is 16.1. The summed E-state index contributed by atoms with van der Waals surface area (Å²) in [5.74, 6) is 0.919. The molecule has 1 saturated heterocycles. The molecule has 0 N–H and O–H groups in total. The van der Waals surface area contributed by atoms with Crippen LogP contribution < -0.4 is 9.64 Å². The quantitative estimate of drug-likeness (QED) is 0.805. The van der Waals surface area contributed by atoms with Gasteiger partial charge in [-0.3, -0.25) is 0 Å².